The Balaban J connectivity index is 3.26. The molecule has 0 radical (unpaired) electrons. The molecule has 0 spiro atoms. The summed E-state index contributed by atoms with van der Waals surface area (Å²) >= 11 is 1.15. The Kier molecular flexibility index (Phi) is 5.78. The van der Waals surface area contributed by atoms with Gasteiger partial charge in [-0.05, 0) is 13.8 Å². The fraction of sp³-hybridized carbons (Fsp3) is 0.429. The van der Waals surface area contributed by atoms with Crippen molar-refractivity contribution in [1.29, 1.82) is 0 Å². The summed E-state index contributed by atoms with van der Waals surface area (Å²) in [5, 5.41) is 3.60. The van der Waals surface area contributed by atoms with Crippen molar-refractivity contribution in [3.05, 3.63) is 22.6 Å². The molecule has 21 heavy (non-hydrogen) atoms. The number of carbonyl (C=O) groups excluding carboxylic acids is 2. The summed E-state index contributed by atoms with van der Waals surface area (Å²) in [6.07, 6.45) is 0. The molecule has 1 rings (SSSR count). The van der Waals surface area contributed by atoms with Crippen LogP contribution in [0.3, 0.4) is 0 Å². The quantitative estimate of drug-likeness (QED) is 0.621. The molecular weight excluding hydrogens is 290 g/mol. The molecule has 0 aliphatic carbocycles. The van der Waals surface area contributed by atoms with Crippen LogP contribution < -0.4 is 11.1 Å². The Bertz CT molecular complexity index is 564. The van der Waals surface area contributed by atoms with Crippen molar-refractivity contribution >= 4 is 33.9 Å². The third-order valence-corrected chi connectivity index (χ3v) is 3.73. The van der Waals surface area contributed by atoms with Gasteiger partial charge in [-0.15, -0.1) is 11.3 Å². The number of rotatable bonds is 6. The second-order valence-corrected chi connectivity index (χ2v) is 5.80. The molecule has 1 heterocycles. The van der Waals surface area contributed by atoms with Gasteiger partial charge < -0.3 is 20.7 Å². The summed E-state index contributed by atoms with van der Waals surface area (Å²) in [5.74, 6) is -0.778. The van der Waals surface area contributed by atoms with Gasteiger partial charge in [0, 0.05) is 20.6 Å². The molecule has 0 unspecified atom stereocenters. The standard InChI is InChI=1S/C14H21N3O3S/c1-6-20-14(19)9-10(15)11(13(18)17(4)5)21-12(9)16-7-8(2)3/h16H,2,6-7,15H2,1,3-5H3. The average molecular weight is 311 g/mol. The summed E-state index contributed by atoms with van der Waals surface area (Å²) in [4.78, 5) is 25.9. The van der Waals surface area contributed by atoms with E-state index in [0.717, 1.165) is 16.9 Å². The van der Waals surface area contributed by atoms with Crippen LogP contribution in [-0.2, 0) is 4.74 Å². The Hall–Kier alpha value is -2.02. The van der Waals surface area contributed by atoms with Crippen molar-refractivity contribution in [2.45, 2.75) is 13.8 Å². The monoisotopic (exact) mass is 311 g/mol. The van der Waals surface area contributed by atoms with Crippen LogP contribution in [0.5, 0.6) is 0 Å². The predicted molar refractivity (Wildman–Crippen MR) is 86.0 cm³/mol. The Morgan fingerprint density at radius 2 is 2.05 bits per heavy atom. The smallest absolute Gasteiger partial charge is 0.343 e. The highest BCUT2D eigenvalue weighted by Gasteiger charge is 2.27. The number of nitrogens with one attached hydrogen (secondary N) is 1. The average Bonchev–Trinajstić information content (AvgIpc) is 2.72. The van der Waals surface area contributed by atoms with Gasteiger partial charge in [0.1, 0.15) is 15.4 Å². The second kappa shape index (κ2) is 7.12. The van der Waals surface area contributed by atoms with E-state index >= 15 is 0 Å². The molecule has 0 saturated heterocycles. The maximum Gasteiger partial charge on any atom is 0.343 e. The molecule has 3 N–H and O–H groups in total. The lowest BCUT2D eigenvalue weighted by molar-refractivity contribution is 0.0529. The number of thiophene rings is 1. The zero-order valence-corrected chi connectivity index (χ0v) is 13.6. The van der Waals surface area contributed by atoms with Crippen LogP contribution in [0.15, 0.2) is 12.2 Å². The number of esters is 1. The second-order valence-electron chi connectivity index (χ2n) is 4.78. The minimum absolute atomic E-state index is 0.154. The maximum atomic E-state index is 12.1. The Morgan fingerprint density at radius 3 is 2.52 bits per heavy atom. The van der Waals surface area contributed by atoms with E-state index in [-0.39, 0.29) is 23.8 Å². The molecule has 0 fully saturated rings. The molecule has 6 nitrogen and oxygen atoms in total. The topological polar surface area (TPSA) is 84.7 Å². The van der Waals surface area contributed by atoms with E-state index < -0.39 is 5.97 Å². The van der Waals surface area contributed by atoms with Gasteiger partial charge >= 0.3 is 5.97 Å². The van der Waals surface area contributed by atoms with E-state index in [1.807, 2.05) is 6.92 Å². The number of amides is 1. The van der Waals surface area contributed by atoms with Gasteiger partial charge in [-0.3, -0.25) is 4.79 Å². The van der Waals surface area contributed by atoms with Crippen LogP contribution in [0, 0.1) is 0 Å². The Morgan fingerprint density at radius 1 is 1.43 bits per heavy atom. The van der Waals surface area contributed by atoms with Crippen LogP contribution in [0.4, 0.5) is 10.7 Å². The molecule has 1 aromatic rings. The first kappa shape index (κ1) is 17.0. The zero-order valence-electron chi connectivity index (χ0n) is 12.8. The van der Waals surface area contributed by atoms with Crippen molar-refractivity contribution in [2.24, 2.45) is 0 Å². The van der Waals surface area contributed by atoms with Crippen molar-refractivity contribution in [2.75, 3.05) is 38.3 Å². The first-order valence-corrected chi connectivity index (χ1v) is 7.30. The molecule has 0 aliphatic heterocycles. The highest BCUT2D eigenvalue weighted by Crippen LogP contribution is 2.37. The van der Waals surface area contributed by atoms with E-state index in [9.17, 15) is 9.59 Å². The van der Waals surface area contributed by atoms with Gasteiger partial charge in [0.25, 0.3) is 5.91 Å². The minimum atomic E-state index is -0.534. The van der Waals surface area contributed by atoms with Crippen molar-refractivity contribution < 1.29 is 14.3 Å². The predicted octanol–water partition coefficient (Wildman–Crippen LogP) is 2.20. The summed E-state index contributed by atoms with van der Waals surface area (Å²) in [5.41, 5.74) is 7.25. The number of hydrogen-bond acceptors (Lipinski definition) is 6. The van der Waals surface area contributed by atoms with Gasteiger partial charge in [0.05, 0.1) is 12.3 Å². The van der Waals surface area contributed by atoms with Gasteiger partial charge in [-0.1, -0.05) is 12.2 Å². The highest BCUT2D eigenvalue weighted by atomic mass is 32.1. The molecule has 0 aliphatic rings. The van der Waals surface area contributed by atoms with E-state index in [1.165, 1.54) is 4.90 Å². The molecule has 0 aromatic carbocycles. The van der Waals surface area contributed by atoms with Crippen LogP contribution in [-0.4, -0.2) is 44.0 Å². The summed E-state index contributed by atoms with van der Waals surface area (Å²) < 4.78 is 5.01. The van der Waals surface area contributed by atoms with Crippen LogP contribution in [0.1, 0.15) is 33.9 Å². The molecule has 7 heteroatoms. The largest absolute Gasteiger partial charge is 0.462 e. The molecule has 116 valence electrons. The SMILES string of the molecule is C=C(C)CNc1sc(C(=O)N(C)C)c(N)c1C(=O)OCC. The van der Waals surface area contributed by atoms with E-state index in [2.05, 4.69) is 11.9 Å². The molecule has 0 saturated carbocycles. The highest BCUT2D eigenvalue weighted by molar-refractivity contribution is 7.19. The third-order valence-electron chi connectivity index (χ3n) is 2.58. The lowest BCUT2D eigenvalue weighted by Crippen LogP contribution is -2.21. The Labute approximate surface area is 128 Å². The lowest BCUT2D eigenvalue weighted by Gasteiger charge is -2.09. The number of nitrogens with zero attached hydrogens (tertiary/aromatic N) is 1. The summed E-state index contributed by atoms with van der Waals surface area (Å²) in [6, 6.07) is 0. The van der Waals surface area contributed by atoms with Gasteiger partial charge in [-0.25, -0.2) is 4.79 Å². The first-order chi connectivity index (χ1) is 9.79. The minimum Gasteiger partial charge on any atom is -0.462 e. The maximum absolute atomic E-state index is 12.1. The molecular formula is C14H21N3O3S. The number of ether oxygens (including phenoxy) is 1. The van der Waals surface area contributed by atoms with Gasteiger partial charge in [0.15, 0.2) is 0 Å². The van der Waals surface area contributed by atoms with Crippen molar-refractivity contribution in [1.82, 2.24) is 4.90 Å². The van der Waals surface area contributed by atoms with Gasteiger partial charge in [-0.2, -0.15) is 0 Å². The van der Waals surface area contributed by atoms with E-state index in [0.29, 0.717) is 16.4 Å². The summed E-state index contributed by atoms with van der Waals surface area (Å²) in [7, 11) is 3.26. The zero-order chi connectivity index (χ0) is 16.2. The fourth-order valence-electron chi connectivity index (χ4n) is 1.57. The molecule has 1 aromatic heterocycles. The molecule has 0 atom stereocenters. The van der Waals surface area contributed by atoms with Gasteiger partial charge in [0.2, 0.25) is 0 Å². The normalized spacial score (nSPS) is 10.1. The third kappa shape index (κ3) is 3.98. The summed E-state index contributed by atoms with van der Waals surface area (Å²) in [6.45, 7) is 8.10. The number of hydrogen-bond donors (Lipinski definition) is 2. The molecule has 1 amide bonds. The van der Waals surface area contributed by atoms with Crippen molar-refractivity contribution in [3.63, 3.8) is 0 Å². The molecule has 0 bridgehead atoms. The number of nitrogens with two attached hydrogens (primary N) is 1. The van der Waals surface area contributed by atoms with Crippen LogP contribution in [0.25, 0.3) is 0 Å². The van der Waals surface area contributed by atoms with Crippen LogP contribution >= 0.6 is 11.3 Å². The van der Waals surface area contributed by atoms with E-state index in [4.69, 9.17) is 10.5 Å². The number of carbonyl (C=O) groups is 2. The number of nitrogen functional groups attached to an aromatic ring is 1. The number of anilines is 2. The van der Waals surface area contributed by atoms with E-state index in [1.54, 1.807) is 21.0 Å². The van der Waals surface area contributed by atoms with Crippen molar-refractivity contribution in [3.8, 4) is 0 Å². The first-order valence-electron chi connectivity index (χ1n) is 6.48. The lowest BCUT2D eigenvalue weighted by atomic mass is 10.2. The fourth-order valence-corrected chi connectivity index (χ4v) is 2.69. The van der Waals surface area contributed by atoms with Crippen LogP contribution in [0.2, 0.25) is 0 Å².